The molecule has 2 amide bonds. The summed E-state index contributed by atoms with van der Waals surface area (Å²) in [6.45, 7) is 0.355. The van der Waals surface area contributed by atoms with Crippen molar-refractivity contribution in [2.75, 3.05) is 11.5 Å². The number of nitrogens with one attached hydrogen (secondary N) is 2. The van der Waals surface area contributed by atoms with E-state index in [0.717, 1.165) is 17.1 Å². The Kier molecular flexibility index (Phi) is 6.81. The molecule has 1 aromatic heterocycles. The number of carbonyl (C=O) groups is 2. The van der Waals surface area contributed by atoms with Crippen LogP contribution in [0, 0.1) is 0 Å². The number of benzene rings is 2. The van der Waals surface area contributed by atoms with E-state index in [1.165, 1.54) is 22.2 Å². The van der Waals surface area contributed by atoms with Crippen molar-refractivity contribution in [1.82, 2.24) is 10.6 Å². The summed E-state index contributed by atoms with van der Waals surface area (Å²) in [5.41, 5.74) is 1.77. The number of thioether (sulfide) groups is 2. The van der Waals surface area contributed by atoms with Crippen molar-refractivity contribution in [3.8, 4) is 0 Å². The second-order valence-corrected chi connectivity index (χ2v) is 9.00. The highest BCUT2D eigenvalue weighted by Crippen LogP contribution is 2.36. The molecule has 1 aliphatic rings. The van der Waals surface area contributed by atoms with Crippen LogP contribution in [-0.2, 0) is 11.3 Å². The molecule has 2 N–H and O–H groups in total. The van der Waals surface area contributed by atoms with E-state index in [0.29, 0.717) is 17.9 Å². The molecule has 5 nitrogen and oxygen atoms in total. The third kappa shape index (κ3) is 5.09. The molecule has 0 spiro atoms. The first-order valence-corrected chi connectivity index (χ1v) is 11.7. The molecule has 0 radical (unpaired) electrons. The van der Waals surface area contributed by atoms with Crippen molar-refractivity contribution in [2.45, 2.75) is 28.8 Å². The fourth-order valence-electron chi connectivity index (χ4n) is 3.30. The average molecular weight is 439 g/mol. The summed E-state index contributed by atoms with van der Waals surface area (Å²) in [5.74, 6) is 1.70. The van der Waals surface area contributed by atoms with E-state index < -0.39 is 0 Å². The van der Waals surface area contributed by atoms with Gasteiger partial charge in [-0.3, -0.25) is 9.59 Å². The largest absolute Gasteiger partial charge is 0.467 e. The Labute approximate surface area is 184 Å². The maximum absolute atomic E-state index is 13.0. The van der Waals surface area contributed by atoms with Crippen LogP contribution in [-0.4, -0.2) is 23.3 Å². The van der Waals surface area contributed by atoms with Gasteiger partial charge in [0.1, 0.15) is 5.76 Å². The second kappa shape index (κ2) is 9.91. The van der Waals surface area contributed by atoms with Crippen LogP contribution in [0.1, 0.15) is 34.1 Å². The maximum atomic E-state index is 13.0. The minimum absolute atomic E-state index is 0.00426. The van der Waals surface area contributed by atoms with Crippen LogP contribution in [0.25, 0.3) is 0 Å². The molecule has 0 saturated carbocycles. The zero-order valence-electron chi connectivity index (χ0n) is 16.3. The lowest BCUT2D eigenvalue weighted by atomic mass is 10.0. The van der Waals surface area contributed by atoms with Crippen LogP contribution in [0.5, 0.6) is 0 Å². The summed E-state index contributed by atoms with van der Waals surface area (Å²) in [7, 11) is 0. The van der Waals surface area contributed by atoms with Crippen molar-refractivity contribution in [3.63, 3.8) is 0 Å². The quantitative estimate of drug-likeness (QED) is 0.525. The third-order valence-corrected chi connectivity index (χ3v) is 6.99. The van der Waals surface area contributed by atoms with E-state index in [-0.39, 0.29) is 23.6 Å². The van der Waals surface area contributed by atoms with Gasteiger partial charge in [0.15, 0.2) is 0 Å². The van der Waals surface area contributed by atoms with Gasteiger partial charge in [-0.25, -0.2) is 0 Å². The number of rotatable bonds is 7. The highest BCUT2D eigenvalue weighted by molar-refractivity contribution is 8.00. The van der Waals surface area contributed by atoms with E-state index >= 15 is 0 Å². The molecule has 1 atom stereocenters. The molecule has 1 aliphatic heterocycles. The van der Waals surface area contributed by atoms with Crippen molar-refractivity contribution in [1.29, 1.82) is 0 Å². The molecular formula is C23H22N2O3S2. The molecule has 0 saturated heterocycles. The maximum Gasteiger partial charge on any atom is 0.252 e. The van der Waals surface area contributed by atoms with Crippen LogP contribution >= 0.6 is 23.5 Å². The Morgan fingerprint density at radius 3 is 2.77 bits per heavy atom. The molecule has 4 rings (SSSR count). The Morgan fingerprint density at radius 1 is 1.07 bits per heavy atom. The lowest BCUT2D eigenvalue weighted by Gasteiger charge is -2.26. The van der Waals surface area contributed by atoms with Crippen molar-refractivity contribution >= 4 is 35.3 Å². The van der Waals surface area contributed by atoms with Crippen molar-refractivity contribution < 1.29 is 14.0 Å². The fourth-order valence-corrected chi connectivity index (χ4v) is 5.31. The zero-order valence-corrected chi connectivity index (χ0v) is 17.9. The minimum atomic E-state index is -0.110. The Bertz CT molecular complexity index is 1020. The first-order valence-electron chi connectivity index (χ1n) is 9.74. The van der Waals surface area contributed by atoms with Gasteiger partial charge >= 0.3 is 0 Å². The van der Waals surface area contributed by atoms with Gasteiger partial charge in [0, 0.05) is 15.5 Å². The van der Waals surface area contributed by atoms with Crippen molar-refractivity contribution in [2.24, 2.45) is 0 Å². The molecule has 7 heteroatoms. The summed E-state index contributed by atoms with van der Waals surface area (Å²) in [6, 6.07) is 19.2. The van der Waals surface area contributed by atoms with Gasteiger partial charge in [0.2, 0.25) is 5.91 Å². The topological polar surface area (TPSA) is 71.3 Å². The lowest BCUT2D eigenvalue weighted by molar-refractivity contribution is -0.118. The number of hydrogen-bond donors (Lipinski definition) is 2. The van der Waals surface area contributed by atoms with Crippen LogP contribution < -0.4 is 10.6 Å². The van der Waals surface area contributed by atoms with Crippen LogP contribution in [0.2, 0.25) is 0 Å². The lowest BCUT2D eigenvalue weighted by Crippen LogP contribution is -2.31. The van der Waals surface area contributed by atoms with E-state index in [4.69, 9.17) is 4.42 Å². The highest BCUT2D eigenvalue weighted by atomic mass is 32.2. The molecule has 0 unspecified atom stereocenters. The molecule has 3 aromatic rings. The first-order chi connectivity index (χ1) is 14.7. The zero-order chi connectivity index (χ0) is 20.8. The number of hydrogen-bond acceptors (Lipinski definition) is 5. The van der Waals surface area contributed by atoms with E-state index in [9.17, 15) is 9.59 Å². The SMILES string of the molecule is O=C(CSc1ccccc1C(=O)N[C@@H]1CCSc2ccccc21)NCc1ccco1. The highest BCUT2D eigenvalue weighted by Gasteiger charge is 2.23. The fraction of sp³-hybridized carbons (Fsp3) is 0.217. The van der Waals surface area contributed by atoms with Crippen molar-refractivity contribution in [3.05, 3.63) is 83.8 Å². The van der Waals surface area contributed by atoms with E-state index in [2.05, 4.69) is 22.8 Å². The molecule has 30 heavy (non-hydrogen) atoms. The molecule has 0 bridgehead atoms. The molecule has 0 aliphatic carbocycles. The summed E-state index contributed by atoms with van der Waals surface area (Å²) >= 11 is 3.19. The van der Waals surface area contributed by atoms with Crippen LogP contribution in [0.15, 0.2) is 81.1 Å². The van der Waals surface area contributed by atoms with Gasteiger partial charge in [0.05, 0.1) is 30.2 Å². The summed E-state index contributed by atoms with van der Waals surface area (Å²) in [4.78, 5) is 27.2. The summed E-state index contributed by atoms with van der Waals surface area (Å²) in [5, 5.41) is 6.01. The Hall–Kier alpha value is -2.64. The smallest absolute Gasteiger partial charge is 0.252 e. The number of fused-ring (bicyclic) bond motifs is 1. The molecular weight excluding hydrogens is 416 g/mol. The minimum Gasteiger partial charge on any atom is -0.467 e. The predicted molar refractivity (Wildman–Crippen MR) is 120 cm³/mol. The normalized spacial score (nSPS) is 15.3. The van der Waals surface area contributed by atoms with Gasteiger partial charge in [-0.1, -0.05) is 30.3 Å². The van der Waals surface area contributed by atoms with Gasteiger partial charge in [0.25, 0.3) is 5.91 Å². The monoisotopic (exact) mass is 438 g/mol. The third-order valence-electron chi connectivity index (χ3n) is 4.79. The van der Waals surface area contributed by atoms with E-state index in [1.54, 1.807) is 12.3 Å². The standard InChI is InChI=1S/C23H22N2O3S2/c26-22(24-14-16-6-5-12-28-16)15-30-21-10-4-2-8-18(21)23(27)25-19-11-13-29-20-9-3-1-7-17(19)20/h1-10,12,19H,11,13-15H2,(H,24,26)(H,25,27)/t19-/m1/s1. The number of carbonyl (C=O) groups excluding carboxylic acids is 2. The number of furan rings is 1. The van der Waals surface area contributed by atoms with Gasteiger partial charge < -0.3 is 15.1 Å². The Morgan fingerprint density at radius 2 is 1.90 bits per heavy atom. The first kappa shape index (κ1) is 20.6. The Balaban J connectivity index is 1.38. The van der Waals surface area contributed by atoms with Crippen LogP contribution in [0.3, 0.4) is 0 Å². The average Bonchev–Trinajstić information content (AvgIpc) is 3.30. The summed E-state index contributed by atoms with van der Waals surface area (Å²) in [6.07, 6.45) is 2.48. The molecule has 154 valence electrons. The van der Waals surface area contributed by atoms with Gasteiger partial charge in [-0.15, -0.1) is 23.5 Å². The molecule has 0 fully saturated rings. The predicted octanol–water partition coefficient (Wildman–Crippen LogP) is 4.66. The van der Waals surface area contributed by atoms with Gasteiger partial charge in [-0.05, 0) is 42.3 Å². The molecule has 2 aromatic carbocycles. The van der Waals surface area contributed by atoms with Crippen LogP contribution in [0.4, 0.5) is 0 Å². The summed E-state index contributed by atoms with van der Waals surface area (Å²) < 4.78 is 5.22. The molecule has 2 heterocycles. The second-order valence-electron chi connectivity index (χ2n) is 6.84. The van der Waals surface area contributed by atoms with Gasteiger partial charge in [-0.2, -0.15) is 0 Å². The number of amides is 2. The van der Waals surface area contributed by atoms with E-state index in [1.807, 2.05) is 54.2 Å².